The van der Waals surface area contributed by atoms with Gasteiger partial charge in [-0.1, -0.05) is 0 Å². The molecule has 2 rings (SSSR count). The number of aryl methyl sites for hydroxylation is 1. The highest BCUT2D eigenvalue weighted by molar-refractivity contribution is 9.11. The SMILES string of the molecule is Cc1cc(S(=O)(=O)N2CCCC(C(=O)O)C2)sc1Br. The molecule has 5 nitrogen and oxygen atoms in total. The second-order valence-electron chi connectivity index (χ2n) is 4.56. The van der Waals surface area contributed by atoms with E-state index in [4.69, 9.17) is 5.11 Å². The van der Waals surface area contributed by atoms with Crippen LogP contribution in [0.2, 0.25) is 0 Å². The summed E-state index contributed by atoms with van der Waals surface area (Å²) in [5.41, 5.74) is 0.871. The molecule has 0 saturated carbocycles. The molecule has 106 valence electrons. The topological polar surface area (TPSA) is 74.7 Å². The van der Waals surface area contributed by atoms with Crippen molar-refractivity contribution in [1.29, 1.82) is 0 Å². The molecule has 0 radical (unpaired) electrons. The van der Waals surface area contributed by atoms with Crippen molar-refractivity contribution in [3.8, 4) is 0 Å². The second-order valence-corrected chi connectivity index (χ2v) is 9.10. The van der Waals surface area contributed by atoms with Gasteiger partial charge in [-0.3, -0.25) is 4.79 Å². The van der Waals surface area contributed by atoms with E-state index in [0.29, 0.717) is 19.4 Å². The average molecular weight is 368 g/mol. The van der Waals surface area contributed by atoms with Gasteiger partial charge < -0.3 is 5.11 Å². The second kappa shape index (κ2) is 5.51. The third-order valence-corrected chi connectivity index (χ3v) is 7.61. The first-order valence-electron chi connectivity index (χ1n) is 5.81. The van der Waals surface area contributed by atoms with Crippen LogP contribution in [0.1, 0.15) is 18.4 Å². The van der Waals surface area contributed by atoms with Gasteiger partial charge >= 0.3 is 5.97 Å². The van der Waals surface area contributed by atoms with Crippen molar-refractivity contribution in [2.45, 2.75) is 24.0 Å². The molecule has 1 aliphatic rings. The Morgan fingerprint density at radius 3 is 2.79 bits per heavy atom. The Labute approximate surface area is 124 Å². The van der Waals surface area contributed by atoms with E-state index in [1.54, 1.807) is 6.07 Å². The lowest BCUT2D eigenvalue weighted by atomic mass is 10.0. The average Bonchev–Trinajstić information content (AvgIpc) is 2.70. The van der Waals surface area contributed by atoms with Gasteiger partial charge in [0.05, 0.1) is 9.70 Å². The molecule has 1 unspecified atom stereocenters. The van der Waals surface area contributed by atoms with Crippen LogP contribution >= 0.6 is 27.3 Å². The maximum Gasteiger partial charge on any atom is 0.307 e. The van der Waals surface area contributed by atoms with Crippen molar-refractivity contribution in [1.82, 2.24) is 4.31 Å². The molecule has 0 aliphatic carbocycles. The molecule has 1 saturated heterocycles. The summed E-state index contributed by atoms with van der Waals surface area (Å²) in [6, 6.07) is 1.62. The fraction of sp³-hybridized carbons (Fsp3) is 0.545. The number of thiophene rings is 1. The first kappa shape index (κ1) is 15.0. The van der Waals surface area contributed by atoms with E-state index in [0.717, 1.165) is 20.7 Å². The Bertz CT molecular complexity index is 576. The molecule has 1 aromatic heterocycles. The van der Waals surface area contributed by atoms with Gasteiger partial charge in [-0.15, -0.1) is 11.3 Å². The summed E-state index contributed by atoms with van der Waals surface area (Å²) < 4.78 is 27.2. The fourth-order valence-corrected chi connectivity index (χ4v) is 5.95. The van der Waals surface area contributed by atoms with Gasteiger partial charge in [0.15, 0.2) is 0 Å². The van der Waals surface area contributed by atoms with E-state index in [2.05, 4.69) is 15.9 Å². The Morgan fingerprint density at radius 1 is 1.58 bits per heavy atom. The molecule has 1 N–H and O–H groups in total. The van der Waals surface area contributed by atoms with Gasteiger partial charge in [-0.05, 0) is 47.3 Å². The molecule has 1 aliphatic heterocycles. The van der Waals surface area contributed by atoms with Gasteiger partial charge in [0, 0.05) is 13.1 Å². The molecule has 1 atom stereocenters. The minimum atomic E-state index is -3.57. The highest BCUT2D eigenvalue weighted by Gasteiger charge is 2.34. The number of hydrogen-bond donors (Lipinski definition) is 1. The highest BCUT2D eigenvalue weighted by atomic mass is 79.9. The number of carbonyl (C=O) groups is 1. The quantitative estimate of drug-likeness (QED) is 0.889. The summed E-state index contributed by atoms with van der Waals surface area (Å²) >= 11 is 4.47. The maximum absolute atomic E-state index is 12.4. The predicted molar refractivity (Wildman–Crippen MR) is 75.9 cm³/mol. The number of carboxylic acid groups (broad SMARTS) is 1. The Hall–Kier alpha value is -0.440. The van der Waals surface area contributed by atoms with Crippen molar-refractivity contribution < 1.29 is 18.3 Å². The Kier molecular flexibility index (Phi) is 4.34. The number of aliphatic carboxylic acids is 1. The first-order valence-corrected chi connectivity index (χ1v) is 8.86. The summed E-state index contributed by atoms with van der Waals surface area (Å²) in [6.45, 7) is 2.28. The van der Waals surface area contributed by atoms with E-state index in [-0.39, 0.29) is 10.8 Å². The zero-order valence-corrected chi connectivity index (χ0v) is 13.5. The summed E-state index contributed by atoms with van der Waals surface area (Å²) in [5, 5.41) is 9.01. The van der Waals surface area contributed by atoms with Crippen LogP contribution in [-0.2, 0) is 14.8 Å². The first-order chi connectivity index (χ1) is 8.82. The molecule has 2 heterocycles. The lowest BCUT2D eigenvalue weighted by molar-refractivity contribution is -0.142. The number of halogens is 1. The molecular formula is C11H14BrNO4S2. The van der Waals surface area contributed by atoms with E-state index in [1.165, 1.54) is 4.31 Å². The fourth-order valence-electron chi connectivity index (χ4n) is 2.05. The summed E-state index contributed by atoms with van der Waals surface area (Å²) in [5.74, 6) is -1.53. The van der Waals surface area contributed by atoms with Crippen LogP contribution < -0.4 is 0 Å². The zero-order valence-electron chi connectivity index (χ0n) is 10.3. The van der Waals surface area contributed by atoms with Crippen molar-refractivity contribution >= 4 is 43.3 Å². The third-order valence-electron chi connectivity index (χ3n) is 3.16. The van der Waals surface area contributed by atoms with Crippen molar-refractivity contribution in [2.75, 3.05) is 13.1 Å². The molecule has 0 spiro atoms. The lowest BCUT2D eigenvalue weighted by Gasteiger charge is -2.29. The molecule has 0 amide bonds. The van der Waals surface area contributed by atoms with Gasteiger partial charge in [0.25, 0.3) is 10.0 Å². The minimum absolute atomic E-state index is 0.0617. The van der Waals surface area contributed by atoms with Crippen molar-refractivity contribution in [3.05, 3.63) is 15.4 Å². The number of hydrogen-bond acceptors (Lipinski definition) is 4. The summed E-state index contributed by atoms with van der Waals surface area (Å²) in [7, 11) is -3.57. The number of sulfonamides is 1. The zero-order chi connectivity index (χ0) is 14.2. The Balaban J connectivity index is 2.26. The van der Waals surface area contributed by atoms with E-state index in [9.17, 15) is 13.2 Å². The number of piperidine rings is 1. The minimum Gasteiger partial charge on any atom is -0.481 e. The third kappa shape index (κ3) is 3.01. The van der Waals surface area contributed by atoms with Crippen LogP contribution in [0.4, 0.5) is 0 Å². The molecule has 0 bridgehead atoms. The van der Waals surface area contributed by atoms with E-state index >= 15 is 0 Å². The number of rotatable bonds is 3. The molecule has 8 heteroatoms. The largest absolute Gasteiger partial charge is 0.481 e. The Morgan fingerprint density at radius 2 is 2.26 bits per heavy atom. The molecule has 0 aromatic carbocycles. The van der Waals surface area contributed by atoms with Crippen molar-refractivity contribution in [3.63, 3.8) is 0 Å². The van der Waals surface area contributed by atoms with Gasteiger partial charge in [-0.2, -0.15) is 4.31 Å². The van der Waals surface area contributed by atoms with Crippen LogP contribution in [-0.4, -0.2) is 36.9 Å². The normalized spacial score (nSPS) is 21.5. The molecule has 19 heavy (non-hydrogen) atoms. The van der Waals surface area contributed by atoms with Crippen molar-refractivity contribution in [2.24, 2.45) is 5.92 Å². The van der Waals surface area contributed by atoms with Gasteiger partial charge in [0.1, 0.15) is 4.21 Å². The standard InChI is InChI=1S/C11H14BrNO4S2/c1-7-5-9(18-10(7)12)19(16,17)13-4-2-3-8(6-13)11(14)15/h5,8H,2-4,6H2,1H3,(H,14,15). The molecule has 1 fully saturated rings. The van der Waals surface area contributed by atoms with Crippen LogP contribution in [0.15, 0.2) is 14.1 Å². The number of nitrogens with zero attached hydrogens (tertiary/aromatic N) is 1. The molecular weight excluding hydrogens is 354 g/mol. The highest BCUT2D eigenvalue weighted by Crippen LogP contribution is 2.33. The van der Waals surface area contributed by atoms with Crippen LogP contribution in [0.3, 0.4) is 0 Å². The predicted octanol–water partition coefficient (Wildman–Crippen LogP) is 2.30. The lowest BCUT2D eigenvalue weighted by Crippen LogP contribution is -2.42. The van der Waals surface area contributed by atoms with E-state index < -0.39 is 21.9 Å². The van der Waals surface area contributed by atoms with Crippen LogP contribution in [0, 0.1) is 12.8 Å². The molecule has 1 aromatic rings. The van der Waals surface area contributed by atoms with Crippen LogP contribution in [0.5, 0.6) is 0 Å². The summed E-state index contributed by atoms with van der Waals surface area (Å²) in [6.07, 6.45) is 1.12. The van der Waals surface area contributed by atoms with Gasteiger partial charge in [0.2, 0.25) is 0 Å². The smallest absolute Gasteiger partial charge is 0.307 e. The van der Waals surface area contributed by atoms with E-state index in [1.807, 2.05) is 6.92 Å². The van der Waals surface area contributed by atoms with Crippen LogP contribution in [0.25, 0.3) is 0 Å². The monoisotopic (exact) mass is 367 g/mol. The summed E-state index contributed by atoms with van der Waals surface area (Å²) in [4.78, 5) is 11.0. The maximum atomic E-state index is 12.4. The van der Waals surface area contributed by atoms with Gasteiger partial charge in [-0.25, -0.2) is 8.42 Å². The number of carboxylic acids is 1.